The van der Waals surface area contributed by atoms with Gasteiger partial charge in [0.1, 0.15) is 5.75 Å². The maximum atomic E-state index is 9.50. The number of para-hydroxylation sites is 1. The fourth-order valence-electron chi connectivity index (χ4n) is 1.12. The Bertz CT molecular complexity index is 258. The third kappa shape index (κ3) is 1.77. The van der Waals surface area contributed by atoms with E-state index in [1.165, 1.54) is 0 Å². The number of phenolic OH excluding ortho intramolecular Hbond substituents is 1. The van der Waals surface area contributed by atoms with E-state index < -0.39 is 0 Å². The molecule has 0 aliphatic heterocycles. The minimum Gasteiger partial charge on any atom is -0.508 e. The van der Waals surface area contributed by atoms with Crippen molar-refractivity contribution in [2.75, 3.05) is 14.1 Å². The summed E-state index contributed by atoms with van der Waals surface area (Å²) in [6.45, 7) is 2.06. The van der Waals surface area contributed by atoms with Crippen LogP contribution in [-0.4, -0.2) is 24.1 Å². The maximum absolute atomic E-state index is 9.50. The lowest BCUT2D eigenvalue weighted by molar-refractivity contribution is 0.312. The lowest BCUT2D eigenvalue weighted by Gasteiger charge is -2.20. The van der Waals surface area contributed by atoms with E-state index in [2.05, 4.69) is 11.8 Å². The lowest BCUT2D eigenvalue weighted by atomic mass is 10.1. The molecule has 2 nitrogen and oxygen atoms in total. The topological polar surface area (TPSA) is 23.5 Å². The maximum Gasteiger partial charge on any atom is 0.120 e. The highest BCUT2D eigenvalue weighted by Crippen LogP contribution is 2.25. The smallest absolute Gasteiger partial charge is 0.120 e. The molecule has 0 radical (unpaired) electrons. The molecule has 0 amide bonds. The fourth-order valence-corrected chi connectivity index (χ4v) is 1.12. The van der Waals surface area contributed by atoms with Crippen LogP contribution >= 0.6 is 0 Å². The summed E-state index contributed by atoms with van der Waals surface area (Å²) in [6.07, 6.45) is 0. The molecular formula is C10H15NO. The van der Waals surface area contributed by atoms with Crippen LogP contribution in [0.3, 0.4) is 0 Å². The van der Waals surface area contributed by atoms with Gasteiger partial charge in [0, 0.05) is 11.6 Å². The van der Waals surface area contributed by atoms with Gasteiger partial charge in [-0.3, -0.25) is 0 Å². The number of hydrogen-bond donors (Lipinski definition) is 1. The van der Waals surface area contributed by atoms with Crippen molar-refractivity contribution in [3.05, 3.63) is 29.8 Å². The van der Waals surface area contributed by atoms with Gasteiger partial charge in [-0.1, -0.05) is 18.2 Å². The Morgan fingerprint density at radius 2 is 1.83 bits per heavy atom. The number of aromatic hydroxyl groups is 1. The number of hydrogen-bond acceptors (Lipinski definition) is 2. The highest BCUT2D eigenvalue weighted by Gasteiger charge is 2.10. The molecule has 0 fully saturated rings. The quantitative estimate of drug-likeness (QED) is 0.724. The standard InChI is InChI=1S/C10H15NO/c1-8(11(2)3)9-6-4-5-7-10(9)12/h4-8,12H,1-3H3/t8-/m0/s1. The van der Waals surface area contributed by atoms with E-state index in [0.717, 1.165) is 5.56 Å². The van der Waals surface area contributed by atoms with Crippen LogP contribution in [-0.2, 0) is 0 Å². The molecule has 0 heterocycles. The second kappa shape index (κ2) is 3.59. The number of phenols is 1. The first-order valence-corrected chi connectivity index (χ1v) is 4.07. The Morgan fingerprint density at radius 3 is 2.33 bits per heavy atom. The first kappa shape index (κ1) is 9.07. The van der Waals surface area contributed by atoms with Crippen LogP contribution in [0, 0.1) is 0 Å². The van der Waals surface area contributed by atoms with Gasteiger partial charge >= 0.3 is 0 Å². The zero-order valence-electron chi connectivity index (χ0n) is 7.78. The molecule has 1 rings (SSSR count). The Morgan fingerprint density at radius 1 is 1.25 bits per heavy atom. The summed E-state index contributed by atoms with van der Waals surface area (Å²) >= 11 is 0. The first-order chi connectivity index (χ1) is 5.63. The molecule has 0 bridgehead atoms. The molecule has 1 N–H and O–H groups in total. The van der Waals surface area contributed by atoms with Gasteiger partial charge in [-0.2, -0.15) is 0 Å². The van der Waals surface area contributed by atoms with E-state index in [-0.39, 0.29) is 6.04 Å². The predicted octanol–water partition coefficient (Wildman–Crippen LogP) is 2.01. The second-order valence-electron chi connectivity index (χ2n) is 3.20. The van der Waals surface area contributed by atoms with Crippen molar-refractivity contribution in [3.8, 4) is 5.75 Å². The van der Waals surface area contributed by atoms with Crippen molar-refractivity contribution in [2.45, 2.75) is 13.0 Å². The highest BCUT2D eigenvalue weighted by molar-refractivity contribution is 5.33. The summed E-state index contributed by atoms with van der Waals surface area (Å²) in [4.78, 5) is 2.06. The van der Waals surface area contributed by atoms with Crippen molar-refractivity contribution in [2.24, 2.45) is 0 Å². The zero-order chi connectivity index (χ0) is 9.14. The number of benzene rings is 1. The fraction of sp³-hybridized carbons (Fsp3) is 0.400. The summed E-state index contributed by atoms with van der Waals surface area (Å²) in [7, 11) is 3.99. The van der Waals surface area contributed by atoms with Gasteiger partial charge in [0.25, 0.3) is 0 Å². The van der Waals surface area contributed by atoms with E-state index in [1.807, 2.05) is 32.3 Å². The summed E-state index contributed by atoms with van der Waals surface area (Å²) in [5.41, 5.74) is 0.975. The van der Waals surface area contributed by atoms with Crippen LogP contribution in [0.2, 0.25) is 0 Å². The Balaban J connectivity index is 2.94. The van der Waals surface area contributed by atoms with Crippen LogP contribution in [0.5, 0.6) is 5.75 Å². The first-order valence-electron chi connectivity index (χ1n) is 4.07. The van der Waals surface area contributed by atoms with Gasteiger partial charge in [0.15, 0.2) is 0 Å². The minimum absolute atomic E-state index is 0.256. The molecule has 0 aromatic heterocycles. The van der Waals surface area contributed by atoms with Crippen molar-refractivity contribution < 1.29 is 5.11 Å². The lowest BCUT2D eigenvalue weighted by Crippen LogP contribution is -2.16. The van der Waals surface area contributed by atoms with Crippen molar-refractivity contribution in [1.82, 2.24) is 4.90 Å². The molecule has 1 aromatic carbocycles. The van der Waals surface area contributed by atoms with Gasteiger partial charge < -0.3 is 10.0 Å². The summed E-state index contributed by atoms with van der Waals surface area (Å²) in [5.74, 6) is 0.374. The molecule has 2 heteroatoms. The van der Waals surface area contributed by atoms with Gasteiger partial charge in [-0.05, 0) is 27.1 Å². The van der Waals surface area contributed by atoms with Crippen LogP contribution < -0.4 is 0 Å². The van der Waals surface area contributed by atoms with Crippen LogP contribution in [0.25, 0.3) is 0 Å². The van der Waals surface area contributed by atoms with E-state index in [9.17, 15) is 5.11 Å². The molecule has 0 aliphatic carbocycles. The molecule has 0 aliphatic rings. The molecule has 0 unspecified atom stereocenters. The second-order valence-corrected chi connectivity index (χ2v) is 3.20. The molecule has 1 atom stereocenters. The average Bonchev–Trinajstić information content (AvgIpc) is 2.04. The molecular weight excluding hydrogens is 150 g/mol. The number of rotatable bonds is 2. The zero-order valence-corrected chi connectivity index (χ0v) is 7.78. The summed E-state index contributed by atoms with van der Waals surface area (Å²) in [6, 6.07) is 7.69. The Kier molecular flexibility index (Phi) is 2.71. The van der Waals surface area contributed by atoms with E-state index in [0.29, 0.717) is 5.75 Å². The van der Waals surface area contributed by atoms with Crippen molar-refractivity contribution in [1.29, 1.82) is 0 Å². The molecule has 1 aromatic rings. The molecule has 0 spiro atoms. The largest absolute Gasteiger partial charge is 0.508 e. The highest BCUT2D eigenvalue weighted by atomic mass is 16.3. The van der Waals surface area contributed by atoms with Crippen LogP contribution in [0.1, 0.15) is 18.5 Å². The third-order valence-corrected chi connectivity index (χ3v) is 2.16. The monoisotopic (exact) mass is 165 g/mol. The third-order valence-electron chi connectivity index (χ3n) is 2.16. The van der Waals surface area contributed by atoms with Crippen molar-refractivity contribution in [3.63, 3.8) is 0 Å². The Labute approximate surface area is 73.4 Å². The summed E-state index contributed by atoms with van der Waals surface area (Å²) < 4.78 is 0. The minimum atomic E-state index is 0.256. The van der Waals surface area contributed by atoms with Crippen LogP contribution in [0.4, 0.5) is 0 Å². The van der Waals surface area contributed by atoms with Crippen LogP contribution in [0.15, 0.2) is 24.3 Å². The Hall–Kier alpha value is -1.02. The van der Waals surface area contributed by atoms with Gasteiger partial charge in [-0.15, -0.1) is 0 Å². The predicted molar refractivity (Wildman–Crippen MR) is 50.2 cm³/mol. The van der Waals surface area contributed by atoms with E-state index in [1.54, 1.807) is 6.07 Å². The van der Waals surface area contributed by atoms with Gasteiger partial charge in [0.05, 0.1) is 0 Å². The number of nitrogens with zero attached hydrogens (tertiary/aromatic N) is 1. The summed E-state index contributed by atoms with van der Waals surface area (Å²) in [5, 5.41) is 9.50. The molecule has 12 heavy (non-hydrogen) atoms. The van der Waals surface area contributed by atoms with E-state index >= 15 is 0 Å². The van der Waals surface area contributed by atoms with E-state index in [4.69, 9.17) is 0 Å². The molecule has 0 saturated heterocycles. The van der Waals surface area contributed by atoms with Gasteiger partial charge in [-0.25, -0.2) is 0 Å². The average molecular weight is 165 g/mol. The molecule has 0 saturated carbocycles. The normalized spacial score (nSPS) is 13.3. The SMILES string of the molecule is C[C@@H](c1ccccc1O)N(C)C. The van der Waals surface area contributed by atoms with Gasteiger partial charge in [0.2, 0.25) is 0 Å². The van der Waals surface area contributed by atoms with Crippen molar-refractivity contribution >= 4 is 0 Å². The molecule has 66 valence electrons.